The summed E-state index contributed by atoms with van der Waals surface area (Å²) in [6, 6.07) is 13.6. The SMILES string of the molecule is CC(Cc1cccnc1-c1ccc(Cl)cc1Cl)c1cccnc1.CN. The molecule has 3 rings (SSSR count). The van der Waals surface area contributed by atoms with E-state index in [9.17, 15) is 0 Å². The Bertz CT molecular complexity index is 807. The van der Waals surface area contributed by atoms with Crippen LogP contribution in [0.4, 0.5) is 0 Å². The van der Waals surface area contributed by atoms with Gasteiger partial charge in [0.15, 0.2) is 0 Å². The van der Waals surface area contributed by atoms with Gasteiger partial charge in [-0.3, -0.25) is 9.97 Å². The highest BCUT2D eigenvalue weighted by Crippen LogP contribution is 2.33. The molecule has 1 atom stereocenters. The van der Waals surface area contributed by atoms with Gasteiger partial charge in [-0.2, -0.15) is 0 Å². The van der Waals surface area contributed by atoms with Crippen molar-refractivity contribution >= 4 is 23.2 Å². The molecular weight excluding hydrogens is 353 g/mol. The van der Waals surface area contributed by atoms with Gasteiger partial charge in [-0.15, -0.1) is 0 Å². The first-order valence-corrected chi connectivity index (χ1v) is 8.77. The van der Waals surface area contributed by atoms with Gasteiger partial charge in [-0.25, -0.2) is 0 Å². The zero-order chi connectivity index (χ0) is 18.2. The molecule has 2 aromatic heterocycles. The fourth-order valence-electron chi connectivity index (χ4n) is 2.64. The molecule has 130 valence electrons. The van der Waals surface area contributed by atoms with Gasteiger partial charge in [0.2, 0.25) is 0 Å². The van der Waals surface area contributed by atoms with Gasteiger partial charge in [0.25, 0.3) is 0 Å². The second kappa shape index (κ2) is 9.52. The molecular formula is C20H21Cl2N3. The lowest BCUT2D eigenvalue weighted by Crippen LogP contribution is -2.02. The average Bonchev–Trinajstić information content (AvgIpc) is 2.65. The first kappa shape index (κ1) is 19.4. The molecule has 0 aliphatic heterocycles. The highest BCUT2D eigenvalue weighted by Gasteiger charge is 2.14. The molecule has 0 spiro atoms. The Morgan fingerprint density at radius 2 is 1.80 bits per heavy atom. The minimum atomic E-state index is 0.345. The largest absolute Gasteiger partial charge is 0.333 e. The zero-order valence-corrected chi connectivity index (χ0v) is 15.8. The van der Waals surface area contributed by atoms with E-state index in [1.165, 1.54) is 12.6 Å². The molecule has 0 saturated heterocycles. The first-order valence-electron chi connectivity index (χ1n) is 8.02. The summed E-state index contributed by atoms with van der Waals surface area (Å²) in [5.74, 6) is 0.345. The molecule has 0 fully saturated rings. The van der Waals surface area contributed by atoms with E-state index >= 15 is 0 Å². The molecule has 1 unspecified atom stereocenters. The summed E-state index contributed by atoms with van der Waals surface area (Å²) in [4.78, 5) is 8.74. The quantitative estimate of drug-likeness (QED) is 0.668. The molecule has 5 heteroatoms. The number of nitrogens with zero attached hydrogens (tertiary/aromatic N) is 2. The lowest BCUT2D eigenvalue weighted by atomic mass is 9.92. The Balaban J connectivity index is 0.00000109. The van der Waals surface area contributed by atoms with Gasteiger partial charge < -0.3 is 5.73 Å². The normalized spacial score (nSPS) is 11.4. The van der Waals surface area contributed by atoms with E-state index in [1.54, 1.807) is 18.5 Å². The van der Waals surface area contributed by atoms with Crippen LogP contribution in [0.15, 0.2) is 61.1 Å². The Kier molecular flexibility index (Phi) is 7.38. The fourth-order valence-corrected chi connectivity index (χ4v) is 3.14. The molecule has 2 heterocycles. The minimum absolute atomic E-state index is 0.345. The number of aromatic nitrogens is 2. The lowest BCUT2D eigenvalue weighted by Gasteiger charge is -2.15. The zero-order valence-electron chi connectivity index (χ0n) is 14.3. The van der Waals surface area contributed by atoms with Crippen molar-refractivity contribution in [1.29, 1.82) is 0 Å². The van der Waals surface area contributed by atoms with Crippen molar-refractivity contribution < 1.29 is 0 Å². The van der Waals surface area contributed by atoms with E-state index < -0.39 is 0 Å². The van der Waals surface area contributed by atoms with Crippen LogP contribution >= 0.6 is 23.2 Å². The van der Waals surface area contributed by atoms with Gasteiger partial charge in [0, 0.05) is 29.2 Å². The lowest BCUT2D eigenvalue weighted by molar-refractivity contribution is 0.753. The maximum absolute atomic E-state index is 6.36. The summed E-state index contributed by atoms with van der Waals surface area (Å²) < 4.78 is 0. The predicted molar refractivity (Wildman–Crippen MR) is 106 cm³/mol. The fraction of sp³-hybridized carbons (Fsp3) is 0.200. The maximum Gasteiger partial charge on any atom is 0.0749 e. The topological polar surface area (TPSA) is 51.8 Å². The maximum atomic E-state index is 6.36. The average molecular weight is 374 g/mol. The highest BCUT2D eigenvalue weighted by atomic mass is 35.5. The van der Waals surface area contributed by atoms with Gasteiger partial charge >= 0.3 is 0 Å². The van der Waals surface area contributed by atoms with Crippen LogP contribution in [0.3, 0.4) is 0 Å². The molecule has 0 radical (unpaired) electrons. The number of nitrogens with two attached hydrogens (primary N) is 1. The molecule has 0 amide bonds. The van der Waals surface area contributed by atoms with Crippen LogP contribution in [-0.4, -0.2) is 17.0 Å². The third-order valence-corrected chi connectivity index (χ3v) is 4.40. The second-order valence-electron chi connectivity index (χ2n) is 5.53. The first-order chi connectivity index (χ1) is 12.1. The Morgan fingerprint density at radius 1 is 1.04 bits per heavy atom. The van der Waals surface area contributed by atoms with Crippen LogP contribution < -0.4 is 5.73 Å². The minimum Gasteiger partial charge on any atom is -0.333 e. The van der Waals surface area contributed by atoms with Gasteiger partial charge in [-0.05, 0) is 60.8 Å². The molecule has 25 heavy (non-hydrogen) atoms. The standard InChI is InChI=1S/C19H16Cl2N2.CH5N/c1-13(15-5-2-8-22-12-15)10-14-4-3-9-23-19(14)17-7-6-16(20)11-18(17)21;1-2/h2-9,11-13H,10H2,1H3;2H2,1H3. The van der Waals surface area contributed by atoms with Crippen molar-refractivity contribution in [3.05, 3.63) is 82.2 Å². The van der Waals surface area contributed by atoms with Crippen LogP contribution in [0.2, 0.25) is 10.0 Å². The van der Waals surface area contributed by atoms with Crippen molar-refractivity contribution in [3.63, 3.8) is 0 Å². The number of benzene rings is 1. The van der Waals surface area contributed by atoms with Gasteiger partial charge in [-0.1, -0.05) is 42.3 Å². The molecule has 0 bridgehead atoms. The molecule has 0 aliphatic rings. The van der Waals surface area contributed by atoms with Crippen LogP contribution in [0.1, 0.15) is 24.0 Å². The number of hydrogen-bond donors (Lipinski definition) is 1. The van der Waals surface area contributed by atoms with Crippen LogP contribution in [-0.2, 0) is 6.42 Å². The van der Waals surface area contributed by atoms with Crippen molar-refractivity contribution in [2.75, 3.05) is 7.05 Å². The van der Waals surface area contributed by atoms with Crippen LogP contribution in [0, 0.1) is 0 Å². The summed E-state index contributed by atoms with van der Waals surface area (Å²) in [6.45, 7) is 2.19. The van der Waals surface area contributed by atoms with E-state index in [0.29, 0.717) is 16.0 Å². The molecule has 0 saturated carbocycles. The molecule has 1 aromatic carbocycles. The van der Waals surface area contributed by atoms with Crippen molar-refractivity contribution in [2.24, 2.45) is 5.73 Å². The molecule has 3 nitrogen and oxygen atoms in total. The summed E-state index contributed by atoms with van der Waals surface area (Å²) in [5, 5.41) is 1.24. The van der Waals surface area contributed by atoms with E-state index in [2.05, 4.69) is 34.8 Å². The van der Waals surface area contributed by atoms with E-state index in [0.717, 1.165) is 23.2 Å². The Hall–Kier alpha value is -1.94. The third kappa shape index (κ3) is 5.02. The van der Waals surface area contributed by atoms with Crippen LogP contribution in [0.25, 0.3) is 11.3 Å². The van der Waals surface area contributed by atoms with Gasteiger partial charge in [0.1, 0.15) is 0 Å². The van der Waals surface area contributed by atoms with E-state index in [-0.39, 0.29) is 0 Å². The van der Waals surface area contributed by atoms with Crippen molar-refractivity contribution in [3.8, 4) is 11.3 Å². The molecule has 2 N–H and O–H groups in total. The van der Waals surface area contributed by atoms with Crippen LogP contribution in [0.5, 0.6) is 0 Å². The second-order valence-corrected chi connectivity index (χ2v) is 6.37. The van der Waals surface area contributed by atoms with Gasteiger partial charge in [0.05, 0.1) is 10.7 Å². The van der Waals surface area contributed by atoms with E-state index in [4.69, 9.17) is 23.2 Å². The van der Waals surface area contributed by atoms with E-state index in [1.807, 2.05) is 30.5 Å². The van der Waals surface area contributed by atoms with Crippen molar-refractivity contribution in [1.82, 2.24) is 9.97 Å². The molecule has 0 aliphatic carbocycles. The third-order valence-electron chi connectivity index (χ3n) is 3.86. The number of hydrogen-bond acceptors (Lipinski definition) is 3. The summed E-state index contributed by atoms with van der Waals surface area (Å²) in [6.07, 6.45) is 6.36. The summed E-state index contributed by atoms with van der Waals surface area (Å²) >= 11 is 12.4. The molecule has 3 aromatic rings. The Labute approximate surface area is 158 Å². The smallest absolute Gasteiger partial charge is 0.0749 e. The number of halogens is 2. The predicted octanol–water partition coefficient (Wildman–Crippen LogP) is 5.37. The summed E-state index contributed by atoms with van der Waals surface area (Å²) in [7, 11) is 1.50. The van der Waals surface area contributed by atoms with Crippen molar-refractivity contribution in [2.45, 2.75) is 19.3 Å². The number of pyridine rings is 2. The Morgan fingerprint density at radius 3 is 2.48 bits per heavy atom. The monoisotopic (exact) mass is 373 g/mol. The summed E-state index contributed by atoms with van der Waals surface area (Å²) in [5.41, 5.74) is 8.69. The number of rotatable bonds is 4. The highest BCUT2D eigenvalue weighted by molar-refractivity contribution is 6.36.